The maximum Gasteiger partial charge on any atom is 0.256 e. The van der Waals surface area contributed by atoms with Crippen LogP contribution in [0.15, 0.2) is 36.7 Å². The number of halogens is 1. The molecule has 0 atom stereocenters. The largest absolute Gasteiger partial charge is 0.347 e. The van der Waals surface area contributed by atoms with Crippen LogP contribution in [0.25, 0.3) is 0 Å². The summed E-state index contributed by atoms with van der Waals surface area (Å²) in [5, 5.41) is 2.78. The van der Waals surface area contributed by atoms with E-state index >= 15 is 0 Å². The molecule has 0 spiro atoms. The van der Waals surface area contributed by atoms with Gasteiger partial charge in [0.05, 0.1) is 23.6 Å². The smallest absolute Gasteiger partial charge is 0.256 e. The third-order valence-corrected chi connectivity index (χ3v) is 3.36. The van der Waals surface area contributed by atoms with Crippen molar-refractivity contribution >= 4 is 40.1 Å². The van der Waals surface area contributed by atoms with E-state index in [2.05, 4.69) is 37.9 Å². The Morgan fingerprint density at radius 3 is 2.42 bits per heavy atom. The molecule has 98 valence electrons. The summed E-state index contributed by atoms with van der Waals surface area (Å²) in [6.45, 7) is 0. The Balaban J connectivity index is 2.13. The summed E-state index contributed by atoms with van der Waals surface area (Å²) in [6.07, 6.45) is 3.19. The molecule has 5 nitrogen and oxygen atoms in total. The first-order chi connectivity index (χ1) is 9.08. The number of carbonyl (C=O) groups excluding carboxylic acids is 1. The van der Waals surface area contributed by atoms with Crippen molar-refractivity contribution in [3.05, 3.63) is 45.8 Å². The molecular formula is C13H13IN4O. The molecular weight excluding hydrogens is 355 g/mol. The third kappa shape index (κ3) is 3.40. The van der Waals surface area contributed by atoms with Crippen molar-refractivity contribution in [2.45, 2.75) is 0 Å². The second-order valence-electron chi connectivity index (χ2n) is 4.10. The van der Waals surface area contributed by atoms with E-state index in [0.29, 0.717) is 17.2 Å². The Kier molecular flexibility index (Phi) is 4.31. The quantitative estimate of drug-likeness (QED) is 0.846. The van der Waals surface area contributed by atoms with Gasteiger partial charge in [0, 0.05) is 17.7 Å². The lowest BCUT2D eigenvalue weighted by Gasteiger charge is -2.10. The lowest BCUT2D eigenvalue weighted by atomic mass is 10.2. The van der Waals surface area contributed by atoms with Crippen LogP contribution < -0.4 is 10.2 Å². The van der Waals surface area contributed by atoms with E-state index in [1.165, 1.54) is 0 Å². The molecule has 2 aromatic rings. The molecule has 1 heterocycles. The van der Waals surface area contributed by atoms with E-state index in [0.717, 1.165) is 3.57 Å². The van der Waals surface area contributed by atoms with E-state index in [9.17, 15) is 4.79 Å². The van der Waals surface area contributed by atoms with Gasteiger partial charge in [-0.05, 0) is 34.7 Å². The maximum atomic E-state index is 12.1. The van der Waals surface area contributed by atoms with Crippen LogP contribution in [0.1, 0.15) is 10.4 Å². The molecule has 0 aliphatic rings. The van der Waals surface area contributed by atoms with Gasteiger partial charge in [-0.1, -0.05) is 12.1 Å². The van der Waals surface area contributed by atoms with Crippen LogP contribution in [-0.4, -0.2) is 30.0 Å². The molecule has 19 heavy (non-hydrogen) atoms. The zero-order chi connectivity index (χ0) is 13.8. The van der Waals surface area contributed by atoms with Gasteiger partial charge >= 0.3 is 0 Å². The zero-order valence-corrected chi connectivity index (χ0v) is 12.7. The van der Waals surface area contributed by atoms with E-state index in [4.69, 9.17) is 0 Å². The molecule has 2 rings (SSSR count). The number of anilines is 2. The average Bonchev–Trinajstić information content (AvgIpc) is 2.39. The summed E-state index contributed by atoms with van der Waals surface area (Å²) in [5.41, 5.74) is 1.22. The summed E-state index contributed by atoms with van der Waals surface area (Å²) >= 11 is 2.13. The summed E-state index contributed by atoms with van der Waals surface area (Å²) in [7, 11) is 3.72. The van der Waals surface area contributed by atoms with Gasteiger partial charge in [0.15, 0.2) is 0 Å². The first kappa shape index (κ1) is 13.7. The Bertz CT molecular complexity index is 583. The Hall–Kier alpha value is -1.70. The summed E-state index contributed by atoms with van der Waals surface area (Å²) in [6, 6.07) is 7.41. The van der Waals surface area contributed by atoms with Gasteiger partial charge < -0.3 is 10.2 Å². The second kappa shape index (κ2) is 5.96. The fourth-order valence-corrected chi connectivity index (χ4v) is 2.09. The van der Waals surface area contributed by atoms with Gasteiger partial charge in [-0.25, -0.2) is 9.97 Å². The Morgan fingerprint density at radius 2 is 1.84 bits per heavy atom. The highest BCUT2D eigenvalue weighted by atomic mass is 127. The Morgan fingerprint density at radius 1 is 1.21 bits per heavy atom. The topological polar surface area (TPSA) is 58.1 Å². The number of aromatic nitrogens is 2. The van der Waals surface area contributed by atoms with Crippen LogP contribution in [-0.2, 0) is 0 Å². The number of amides is 1. The SMILES string of the molecule is CN(C)c1ncc(NC(=O)c2ccccc2I)cn1. The molecule has 0 saturated carbocycles. The van der Waals surface area contributed by atoms with Crippen molar-refractivity contribution in [2.24, 2.45) is 0 Å². The highest BCUT2D eigenvalue weighted by Crippen LogP contribution is 2.14. The van der Waals surface area contributed by atoms with Gasteiger partial charge in [-0.2, -0.15) is 0 Å². The van der Waals surface area contributed by atoms with Crippen LogP contribution in [0.3, 0.4) is 0 Å². The number of nitrogens with one attached hydrogen (secondary N) is 1. The minimum absolute atomic E-state index is 0.161. The van der Waals surface area contributed by atoms with Crippen molar-refractivity contribution in [1.29, 1.82) is 0 Å². The lowest BCUT2D eigenvalue weighted by Crippen LogP contribution is -2.15. The van der Waals surface area contributed by atoms with Gasteiger partial charge in [-0.15, -0.1) is 0 Å². The van der Waals surface area contributed by atoms with Crippen LogP contribution in [0, 0.1) is 3.57 Å². The lowest BCUT2D eigenvalue weighted by molar-refractivity contribution is 0.102. The standard InChI is InChI=1S/C13H13IN4O/c1-18(2)13-15-7-9(8-16-13)17-12(19)10-5-3-4-6-11(10)14/h3-8H,1-2H3,(H,17,19). The van der Waals surface area contributed by atoms with Crippen molar-refractivity contribution in [3.63, 3.8) is 0 Å². The van der Waals surface area contributed by atoms with E-state index in [1.54, 1.807) is 23.4 Å². The fourth-order valence-electron chi connectivity index (χ4n) is 1.46. The molecule has 1 aromatic heterocycles. The monoisotopic (exact) mass is 368 g/mol. The summed E-state index contributed by atoms with van der Waals surface area (Å²) in [5.74, 6) is 0.443. The number of benzene rings is 1. The first-order valence-electron chi connectivity index (χ1n) is 5.63. The molecule has 0 aliphatic carbocycles. The van der Waals surface area contributed by atoms with Crippen molar-refractivity contribution in [2.75, 3.05) is 24.3 Å². The van der Waals surface area contributed by atoms with Crippen LogP contribution in [0.5, 0.6) is 0 Å². The number of nitrogens with zero attached hydrogens (tertiary/aromatic N) is 3. The molecule has 0 radical (unpaired) electrons. The van der Waals surface area contributed by atoms with E-state index in [-0.39, 0.29) is 5.91 Å². The molecule has 1 N–H and O–H groups in total. The predicted octanol–water partition coefficient (Wildman–Crippen LogP) is 2.40. The zero-order valence-electron chi connectivity index (χ0n) is 10.6. The number of hydrogen-bond donors (Lipinski definition) is 1. The van der Waals surface area contributed by atoms with Crippen LogP contribution in [0.2, 0.25) is 0 Å². The second-order valence-corrected chi connectivity index (χ2v) is 5.26. The first-order valence-corrected chi connectivity index (χ1v) is 6.71. The summed E-state index contributed by atoms with van der Waals surface area (Å²) < 4.78 is 0.906. The predicted molar refractivity (Wildman–Crippen MR) is 83.5 cm³/mol. The molecule has 0 bridgehead atoms. The van der Waals surface area contributed by atoms with Gasteiger partial charge in [0.1, 0.15) is 0 Å². The van der Waals surface area contributed by atoms with E-state index < -0.39 is 0 Å². The molecule has 0 saturated heterocycles. The van der Waals surface area contributed by atoms with Gasteiger partial charge in [0.25, 0.3) is 5.91 Å². The molecule has 0 aliphatic heterocycles. The van der Waals surface area contributed by atoms with Crippen LogP contribution in [0.4, 0.5) is 11.6 Å². The van der Waals surface area contributed by atoms with Crippen molar-refractivity contribution in [3.8, 4) is 0 Å². The van der Waals surface area contributed by atoms with Gasteiger partial charge in [-0.3, -0.25) is 4.79 Å². The normalized spacial score (nSPS) is 10.1. The van der Waals surface area contributed by atoms with Crippen molar-refractivity contribution < 1.29 is 4.79 Å². The molecule has 0 unspecified atom stereocenters. The third-order valence-electron chi connectivity index (χ3n) is 2.41. The molecule has 0 fully saturated rings. The highest BCUT2D eigenvalue weighted by Gasteiger charge is 2.09. The minimum atomic E-state index is -0.161. The summed E-state index contributed by atoms with van der Waals surface area (Å²) in [4.78, 5) is 22.2. The number of rotatable bonds is 3. The minimum Gasteiger partial charge on any atom is -0.347 e. The fraction of sp³-hybridized carbons (Fsp3) is 0.154. The van der Waals surface area contributed by atoms with Gasteiger partial charge in [0.2, 0.25) is 5.95 Å². The van der Waals surface area contributed by atoms with Crippen LogP contribution >= 0.6 is 22.6 Å². The number of hydrogen-bond acceptors (Lipinski definition) is 4. The molecule has 1 aromatic carbocycles. The number of carbonyl (C=O) groups is 1. The Labute approximate surface area is 125 Å². The highest BCUT2D eigenvalue weighted by molar-refractivity contribution is 14.1. The van der Waals surface area contributed by atoms with Crippen molar-refractivity contribution in [1.82, 2.24) is 9.97 Å². The average molecular weight is 368 g/mol. The maximum absolute atomic E-state index is 12.1. The van der Waals surface area contributed by atoms with E-state index in [1.807, 2.05) is 32.3 Å². The molecule has 1 amide bonds. The molecule has 6 heteroatoms.